The lowest BCUT2D eigenvalue weighted by atomic mass is 9.77. The maximum atomic E-state index is 5.50. The summed E-state index contributed by atoms with van der Waals surface area (Å²) >= 11 is 0. The normalized spacial score (nSPS) is 11.6. The summed E-state index contributed by atoms with van der Waals surface area (Å²) in [5.74, 6) is 0. The molecular weight excluding hydrogens is 562 g/mol. The zero-order valence-corrected chi connectivity index (χ0v) is 25.1. The minimum atomic E-state index is -0.749. The van der Waals surface area contributed by atoms with Crippen molar-refractivity contribution < 1.29 is 0 Å². The zero-order chi connectivity index (χ0) is 30.9. The molecule has 0 bridgehead atoms. The van der Waals surface area contributed by atoms with Gasteiger partial charge >= 0.3 is 0 Å². The van der Waals surface area contributed by atoms with E-state index in [9.17, 15) is 0 Å². The zero-order valence-electron chi connectivity index (χ0n) is 25.1. The van der Waals surface area contributed by atoms with Gasteiger partial charge in [-0.05, 0) is 53.4 Å². The minimum Gasteiger partial charge on any atom is -0.298 e. The van der Waals surface area contributed by atoms with E-state index < -0.39 is 5.54 Å². The quantitative estimate of drug-likeness (QED) is 0.174. The highest BCUT2D eigenvalue weighted by molar-refractivity contribution is 5.81. The molecule has 0 amide bonds. The molecule has 4 aromatic carbocycles. The van der Waals surface area contributed by atoms with Gasteiger partial charge in [-0.25, -0.2) is 4.98 Å². The third kappa shape index (κ3) is 4.61. The lowest BCUT2D eigenvalue weighted by Crippen LogP contribution is -2.38. The van der Waals surface area contributed by atoms with E-state index in [0.717, 1.165) is 61.7 Å². The fourth-order valence-corrected chi connectivity index (χ4v) is 6.41. The lowest BCUT2D eigenvalue weighted by molar-refractivity contribution is 0.461. The van der Waals surface area contributed by atoms with Gasteiger partial charge in [-0.1, -0.05) is 121 Å². The molecule has 0 saturated heterocycles. The molecule has 1 radical (unpaired) electrons. The van der Waals surface area contributed by atoms with Crippen LogP contribution in [0.5, 0.6) is 0 Å². The number of nitrogens with zero attached hydrogens (tertiary/aromatic N) is 5. The minimum absolute atomic E-state index is 0.749. The van der Waals surface area contributed by atoms with E-state index in [1.165, 1.54) is 0 Å². The fraction of sp³-hybridized carbons (Fsp3) is 0.0244. The Hall–Kier alpha value is -6.07. The van der Waals surface area contributed by atoms with Crippen molar-refractivity contribution in [2.24, 2.45) is 0 Å². The molecule has 0 fully saturated rings. The molecule has 0 aliphatic heterocycles. The molecule has 8 rings (SSSR count). The number of fused-ring (bicyclic) bond motifs is 1. The van der Waals surface area contributed by atoms with Crippen LogP contribution in [-0.4, -0.2) is 24.1 Å². The van der Waals surface area contributed by atoms with Crippen LogP contribution >= 0.6 is 0 Å². The van der Waals surface area contributed by atoms with Crippen molar-refractivity contribution in [1.29, 1.82) is 0 Å². The molecular formula is C41H30N5. The maximum Gasteiger partial charge on any atom is 0.138 e. The van der Waals surface area contributed by atoms with Crippen molar-refractivity contribution in [3.63, 3.8) is 0 Å². The summed E-state index contributed by atoms with van der Waals surface area (Å²) in [6.45, 7) is 4.12. The van der Waals surface area contributed by atoms with Crippen molar-refractivity contribution in [3.8, 4) is 33.8 Å². The van der Waals surface area contributed by atoms with Gasteiger partial charge in [0.05, 0.1) is 17.6 Å². The molecule has 0 spiro atoms. The van der Waals surface area contributed by atoms with E-state index in [1.54, 1.807) is 0 Å². The number of pyridine rings is 2. The molecule has 4 aromatic heterocycles. The highest BCUT2D eigenvalue weighted by Crippen LogP contribution is 2.43. The second kappa shape index (κ2) is 11.5. The molecule has 5 nitrogen and oxygen atoms in total. The summed E-state index contributed by atoms with van der Waals surface area (Å²) in [6.07, 6.45) is 8.02. The van der Waals surface area contributed by atoms with Crippen LogP contribution in [0, 0.1) is 6.92 Å². The van der Waals surface area contributed by atoms with Crippen LogP contribution in [0.4, 0.5) is 0 Å². The highest BCUT2D eigenvalue weighted by Gasteiger charge is 2.40. The van der Waals surface area contributed by atoms with E-state index in [-0.39, 0.29) is 0 Å². The third-order valence-electron chi connectivity index (χ3n) is 8.60. The number of rotatable bonds is 7. The molecule has 219 valence electrons. The summed E-state index contributed by atoms with van der Waals surface area (Å²) in [4.78, 5) is 9.28. The SMILES string of the molecule is [CH2]c1ccc(-c2nn(C(c3ccccc3)(c3ccccc3)c3ccccc3)cc2-c2ccc3ncc(-c4ccccn4)n3c2)cc1. The molecule has 0 N–H and O–H groups in total. The van der Waals surface area contributed by atoms with Crippen LogP contribution in [0.1, 0.15) is 22.3 Å². The van der Waals surface area contributed by atoms with Crippen molar-refractivity contribution in [2.45, 2.75) is 5.54 Å². The summed E-state index contributed by atoms with van der Waals surface area (Å²) in [6, 6.07) is 50.3. The summed E-state index contributed by atoms with van der Waals surface area (Å²) in [7, 11) is 0. The Bertz CT molecular complexity index is 2140. The monoisotopic (exact) mass is 592 g/mol. The Morgan fingerprint density at radius 3 is 1.72 bits per heavy atom. The van der Waals surface area contributed by atoms with Gasteiger partial charge in [-0.15, -0.1) is 0 Å². The Balaban J connectivity index is 1.43. The average molecular weight is 593 g/mol. The van der Waals surface area contributed by atoms with E-state index in [0.29, 0.717) is 0 Å². The average Bonchev–Trinajstić information content (AvgIpc) is 3.76. The number of aromatic nitrogens is 5. The van der Waals surface area contributed by atoms with Gasteiger partial charge in [0.15, 0.2) is 0 Å². The Morgan fingerprint density at radius 1 is 0.543 bits per heavy atom. The molecule has 0 saturated carbocycles. The Morgan fingerprint density at radius 2 is 1.13 bits per heavy atom. The van der Waals surface area contributed by atoms with Crippen LogP contribution < -0.4 is 0 Å². The Kier molecular flexibility index (Phi) is 6.84. The standard InChI is InChI=1S/C41H30N5/c1-30-20-22-31(23-21-30)40-36(32-24-25-39-43-27-38(45(39)28-32)37-19-11-12-26-42-37)29-46(44-40)41(33-13-5-2-6-14-33,34-15-7-3-8-16-34)35-17-9-4-10-18-35/h2-29H,1H2. The summed E-state index contributed by atoms with van der Waals surface area (Å²) in [5.41, 5.74) is 10.1. The first-order chi connectivity index (χ1) is 22.7. The first-order valence-corrected chi connectivity index (χ1v) is 15.3. The predicted octanol–water partition coefficient (Wildman–Crippen LogP) is 8.95. The van der Waals surface area contributed by atoms with Gasteiger partial charge < -0.3 is 0 Å². The van der Waals surface area contributed by atoms with Gasteiger partial charge in [0.25, 0.3) is 0 Å². The van der Waals surface area contributed by atoms with E-state index in [2.05, 4.69) is 154 Å². The molecule has 0 aliphatic rings. The number of imidazole rings is 1. The summed E-state index contributed by atoms with van der Waals surface area (Å²) in [5, 5.41) is 5.50. The van der Waals surface area contributed by atoms with Crippen LogP contribution in [0.15, 0.2) is 170 Å². The summed E-state index contributed by atoms with van der Waals surface area (Å²) < 4.78 is 4.25. The van der Waals surface area contributed by atoms with Crippen molar-refractivity contribution in [3.05, 3.63) is 200 Å². The van der Waals surface area contributed by atoms with Gasteiger partial charge in [0, 0.05) is 35.3 Å². The number of benzene rings is 4. The van der Waals surface area contributed by atoms with E-state index in [1.807, 2.05) is 42.7 Å². The van der Waals surface area contributed by atoms with Crippen molar-refractivity contribution in [1.82, 2.24) is 24.1 Å². The first kappa shape index (κ1) is 27.5. The molecule has 0 atom stereocenters. The van der Waals surface area contributed by atoms with Gasteiger partial charge in [0.2, 0.25) is 0 Å². The van der Waals surface area contributed by atoms with Gasteiger partial charge in [-0.2, -0.15) is 5.10 Å². The van der Waals surface area contributed by atoms with Gasteiger partial charge in [0.1, 0.15) is 16.9 Å². The number of hydrogen-bond donors (Lipinski definition) is 0. The van der Waals surface area contributed by atoms with Crippen LogP contribution in [-0.2, 0) is 5.54 Å². The maximum absolute atomic E-state index is 5.50. The smallest absolute Gasteiger partial charge is 0.138 e. The first-order valence-electron chi connectivity index (χ1n) is 15.3. The molecule has 5 heteroatoms. The molecule has 46 heavy (non-hydrogen) atoms. The lowest BCUT2D eigenvalue weighted by Gasteiger charge is -2.36. The predicted molar refractivity (Wildman–Crippen MR) is 184 cm³/mol. The molecule has 0 unspecified atom stereocenters. The number of hydrogen-bond acceptors (Lipinski definition) is 3. The van der Waals surface area contributed by atoms with Crippen molar-refractivity contribution in [2.75, 3.05) is 0 Å². The van der Waals surface area contributed by atoms with E-state index >= 15 is 0 Å². The second-order valence-electron chi connectivity index (χ2n) is 11.3. The molecule has 0 aliphatic carbocycles. The van der Waals surface area contributed by atoms with Crippen LogP contribution in [0.2, 0.25) is 0 Å². The topological polar surface area (TPSA) is 48.0 Å². The van der Waals surface area contributed by atoms with Crippen LogP contribution in [0.25, 0.3) is 39.4 Å². The molecule has 4 heterocycles. The van der Waals surface area contributed by atoms with Gasteiger partial charge in [-0.3, -0.25) is 14.1 Å². The fourth-order valence-electron chi connectivity index (χ4n) is 6.41. The van der Waals surface area contributed by atoms with Crippen molar-refractivity contribution >= 4 is 5.65 Å². The van der Waals surface area contributed by atoms with Crippen LogP contribution in [0.3, 0.4) is 0 Å². The largest absolute Gasteiger partial charge is 0.298 e. The highest BCUT2D eigenvalue weighted by atomic mass is 15.3. The van der Waals surface area contributed by atoms with E-state index in [4.69, 9.17) is 5.10 Å². The Labute approximate surface area is 268 Å². The third-order valence-corrected chi connectivity index (χ3v) is 8.60. The molecule has 8 aromatic rings. The second-order valence-corrected chi connectivity index (χ2v) is 11.3.